The predicted octanol–water partition coefficient (Wildman–Crippen LogP) is 1.49. The molecule has 3 nitrogen and oxygen atoms in total. The summed E-state index contributed by atoms with van der Waals surface area (Å²) in [5, 5.41) is 20.2. The van der Waals surface area contributed by atoms with E-state index in [1.807, 2.05) is 13.0 Å². The Bertz CT molecular complexity index is 329. The summed E-state index contributed by atoms with van der Waals surface area (Å²) in [6, 6.07) is 0. The van der Waals surface area contributed by atoms with Gasteiger partial charge < -0.3 is 15.9 Å². The van der Waals surface area contributed by atoms with Crippen molar-refractivity contribution in [3.63, 3.8) is 0 Å². The molecule has 0 aromatic rings. The summed E-state index contributed by atoms with van der Waals surface area (Å²) in [7, 11) is 0. The lowest BCUT2D eigenvalue weighted by molar-refractivity contribution is -0.0406. The molecule has 0 aromatic heterocycles. The van der Waals surface area contributed by atoms with Gasteiger partial charge in [0.05, 0.1) is 16.9 Å². The van der Waals surface area contributed by atoms with Gasteiger partial charge in [0.25, 0.3) is 0 Å². The van der Waals surface area contributed by atoms with Crippen LogP contribution in [0.4, 0.5) is 0 Å². The van der Waals surface area contributed by atoms with E-state index in [2.05, 4.69) is 0 Å². The number of aliphatic hydroxyl groups excluding tert-OH is 1. The molecule has 0 spiro atoms. The van der Waals surface area contributed by atoms with E-state index >= 15 is 0 Å². The molecule has 2 aliphatic carbocycles. The minimum atomic E-state index is -0.939. The van der Waals surface area contributed by atoms with Gasteiger partial charge in [-0.3, -0.25) is 0 Å². The quantitative estimate of drug-likeness (QED) is 0.645. The smallest absolute Gasteiger partial charge is 0.0973 e. The molecule has 2 rings (SSSR count). The molecule has 3 unspecified atom stereocenters. The first-order chi connectivity index (χ1) is 6.89. The SMILES string of the molecule is CC1C(O)=CC=CC1(N)C(C)(O)C1CC1. The van der Waals surface area contributed by atoms with E-state index in [9.17, 15) is 10.2 Å². The Balaban J connectivity index is 2.33. The fourth-order valence-corrected chi connectivity index (χ4v) is 2.45. The molecular formula is C12H19NO2. The highest BCUT2D eigenvalue weighted by Gasteiger charge is 2.55. The summed E-state index contributed by atoms with van der Waals surface area (Å²) >= 11 is 0. The van der Waals surface area contributed by atoms with Crippen LogP contribution in [0.5, 0.6) is 0 Å². The van der Waals surface area contributed by atoms with Crippen LogP contribution in [0.1, 0.15) is 26.7 Å². The van der Waals surface area contributed by atoms with Gasteiger partial charge in [0.2, 0.25) is 0 Å². The third-order valence-electron chi connectivity index (χ3n) is 4.05. The molecule has 0 amide bonds. The zero-order chi connectivity index (χ0) is 11.3. The monoisotopic (exact) mass is 209 g/mol. The minimum absolute atomic E-state index is 0.238. The average Bonchev–Trinajstić information content (AvgIpc) is 2.96. The van der Waals surface area contributed by atoms with Crippen LogP contribution in [0, 0.1) is 11.8 Å². The molecule has 2 aliphatic rings. The molecule has 0 radical (unpaired) electrons. The molecule has 0 heterocycles. The third kappa shape index (κ3) is 1.42. The Morgan fingerprint density at radius 3 is 2.67 bits per heavy atom. The molecule has 1 fully saturated rings. The summed E-state index contributed by atoms with van der Waals surface area (Å²) in [5.41, 5.74) is 4.48. The van der Waals surface area contributed by atoms with Crippen LogP contribution in [0.15, 0.2) is 24.0 Å². The molecule has 3 atom stereocenters. The minimum Gasteiger partial charge on any atom is -0.512 e. The van der Waals surface area contributed by atoms with E-state index in [4.69, 9.17) is 5.73 Å². The highest BCUT2D eigenvalue weighted by molar-refractivity contribution is 5.31. The van der Waals surface area contributed by atoms with Gasteiger partial charge in [0, 0.05) is 5.92 Å². The van der Waals surface area contributed by atoms with Crippen LogP contribution in [0.3, 0.4) is 0 Å². The van der Waals surface area contributed by atoms with Gasteiger partial charge in [-0.25, -0.2) is 0 Å². The standard InChI is InChI=1S/C12H19NO2/c1-8-10(14)4-3-7-12(8,13)11(2,15)9-5-6-9/h3-4,7-9,14-15H,5-6,13H2,1-2H3. The van der Waals surface area contributed by atoms with E-state index in [0.29, 0.717) is 0 Å². The summed E-state index contributed by atoms with van der Waals surface area (Å²) < 4.78 is 0. The molecule has 4 N–H and O–H groups in total. The number of rotatable bonds is 2. The van der Waals surface area contributed by atoms with Gasteiger partial charge >= 0.3 is 0 Å². The molecule has 1 saturated carbocycles. The average molecular weight is 209 g/mol. The van der Waals surface area contributed by atoms with Crippen molar-refractivity contribution in [3.8, 4) is 0 Å². The zero-order valence-corrected chi connectivity index (χ0v) is 9.27. The Morgan fingerprint density at radius 1 is 1.53 bits per heavy atom. The molecule has 0 aromatic carbocycles. The second kappa shape index (κ2) is 3.09. The first kappa shape index (κ1) is 10.7. The van der Waals surface area contributed by atoms with Crippen molar-refractivity contribution >= 4 is 0 Å². The molecule has 0 aliphatic heterocycles. The van der Waals surface area contributed by atoms with Crippen molar-refractivity contribution in [2.24, 2.45) is 17.6 Å². The second-order valence-corrected chi connectivity index (χ2v) is 5.03. The normalized spacial score (nSPS) is 39.7. The maximum Gasteiger partial charge on any atom is 0.0973 e. The summed E-state index contributed by atoms with van der Waals surface area (Å²) in [6.07, 6.45) is 7.23. The van der Waals surface area contributed by atoms with Gasteiger partial charge in [-0.2, -0.15) is 0 Å². The summed E-state index contributed by atoms with van der Waals surface area (Å²) in [4.78, 5) is 0. The van der Waals surface area contributed by atoms with Crippen molar-refractivity contribution in [2.45, 2.75) is 37.8 Å². The van der Waals surface area contributed by atoms with Crippen molar-refractivity contribution in [1.29, 1.82) is 0 Å². The van der Waals surface area contributed by atoms with Crippen LogP contribution < -0.4 is 5.73 Å². The van der Waals surface area contributed by atoms with E-state index in [0.717, 1.165) is 12.8 Å². The van der Waals surface area contributed by atoms with Crippen LogP contribution >= 0.6 is 0 Å². The molecule has 15 heavy (non-hydrogen) atoms. The third-order valence-corrected chi connectivity index (χ3v) is 4.05. The fourth-order valence-electron chi connectivity index (χ4n) is 2.45. The highest BCUT2D eigenvalue weighted by Crippen LogP contribution is 2.48. The Kier molecular flexibility index (Phi) is 2.21. The topological polar surface area (TPSA) is 66.5 Å². The van der Waals surface area contributed by atoms with Crippen molar-refractivity contribution in [2.75, 3.05) is 0 Å². The molecule has 84 valence electrons. The van der Waals surface area contributed by atoms with Gasteiger partial charge in [-0.1, -0.05) is 19.1 Å². The largest absolute Gasteiger partial charge is 0.512 e. The number of aliphatic hydroxyl groups is 2. The maximum atomic E-state index is 10.5. The molecule has 0 bridgehead atoms. The Hall–Kier alpha value is -0.800. The van der Waals surface area contributed by atoms with Gasteiger partial charge in [0.1, 0.15) is 0 Å². The van der Waals surface area contributed by atoms with Crippen LogP contribution in [-0.4, -0.2) is 21.4 Å². The lowest BCUT2D eigenvalue weighted by Gasteiger charge is -2.46. The van der Waals surface area contributed by atoms with Gasteiger partial charge in [-0.15, -0.1) is 0 Å². The van der Waals surface area contributed by atoms with E-state index in [1.165, 1.54) is 0 Å². The summed E-state index contributed by atoms with van der Waals surface area (Å²) in [6.45, 7) is 3.64. The number of allylic oxidation sites excluding steroid dienone is 2. The lowest BCUT2D eigenvalue weighted by atomic mass is 9.68. The van der Waals surface area contributed by atoms with E-state index in [-0.39, 0.29) is 17.6 Å². The van der Waals surface area contributed by atoms with Crippen LogP contribution in [0.25, 0.3) is 0 Å². The Labute approximate surface area is 90.3 Å². The highest BCUT2D eigenvalue weighted by atomic mass is 16.3. The fraction of sp³-hybridized carbons (Fsp3) is 0.667. The maximum absolute atomic E-state index is 10.5. The van der Waals surface area contributed by atoms with E-state index < -0.39 is 11.1 Å². The van der Waals surface area contributed by atoms with Crippen molar-refractivity contribution < 1.29 is 10.2 Å². The summed E-state index contributed by atoms with van der Waals surface area (Å²) in [5.74, 6) is 0.277. The second-order valence-electron chi connectivity index (χ2n) is 5.03. The van der Waals surface area contributed by atoms with Crippen molar-refractivity contribution in [3.05, 3.63) is 24.0 Å². The van der Waals surface area contributed by atoms with Crippen molar-refractivity contribution in [1.82, 2.24) is 0 Å². The van der Waals surface area contributed by atoms with Gasteiger partial charge in [-0.05, 0) is 31.8 Å². The predicted molar refractivity (Wildman–Crippen MR) is 59.3 cm³/mol. The van der Waals surface area contributed by atoms with Gasteiger partial charge in [0.15, 0.2) is 0 Å². The zero-order valence-electron chi connectivity index (χ0n) is 9.27. The lowest BCUT2D eigenvalue weighted by Crippen LogP contribution is -2.63. The number of nitrogens with two attached hydrogens (primary N) is 1. The van der Waals surface area contributed by atoms with Crippen LogP contribution in [0.2, 0.25) is 0 Å². The molecule has 0 saturated heterocycles. The first-order valence-electron chi connectivity index (χ1n) is 5.49. The molecule has 3 heteroatoms. The first-order valence-corrected chi connectivity index (χ1v) is 5.49. The number of hydrogen-bond acceptors (Lipinski definition) is 3. The van der Waals surface area contributed by atoms with E-state index in [1.54, 1.807) is 19.1 Å². The molecular weight excluding hydrogens is 190 g/mol. The number of hydrogen-bond donors (Lipinski definition) is 3. The Morgan fingerprint density at radius 2 is 2.13 bits per heavy atom. The van der Waals surface area contributed by atoms with Crippen LogP contribution in [-0.2, 0) is 0 Å².